The first-order valence-electron chi connectivity index (χ1n) is 9.62. The lowest BCUT2D eigenvalue weighted by atomic mass is 10.0. The molecule has 4 rings (SSSR count). The van der Waals surface area contributed by atoms with Crippen LogP contribution in [0.4, 0.5) is 0 Å². The molecule has 0 atom stereocenters. The Balaban J connectivity index is 1.70. The van der Waals surface area contributed by atoms with Gasteiger partial charge in [-0.3, -0.25) is 15.2 Å². The van der Waals surface area contributed by atoms with Crippen molar-refractivity contribution in [1.29, 1.82) is 0 Å². The third-order valence-corrected chi connectivity index (χ3v) is 6.84. The number of carbonyl (C=O) groups is 1. The predicted octanol–water partition coefficient (Wildman–Crippen LogP) is 3.36. The Bertz CT molecular complexity index is 1370. The largest absolute Gasteiger partial charge is 0.290 e. The zero-order chi connectivity index (χ0) is 22.0. The van der Waals surface area contributed by atoms with Gasteiger partial charge < -0.3 is 0 Å². The number of benzene rings is 2. The highest BCUT2D eigenvalue weighted by atomic mass is 32.2. The molecule has 4 aromatic rings. The van der Waals surface area contributed by atoms with Crippen molar-refractivity contribution in [3.8, 4) is 22.4 Å². The van der Waals surface area contributed by atoms with Gasteiger partial charge in [0.15, 0.2) is 9.84 Å². The number of nitrogens with two attached hydrogens (primary N) is 1. The van der Waals surface area contributed by atoms with Gasteiger partial charge in [-0.25, -0.2) is 19.2 Å². The fourth-order valence-electron chi connectivity index (χ4n) is 3.34. The van der Waals surface area contributed by atoms with Crippen molar-refractivity contribution in [1.82, 2.24) is 15.4 Å². The predicted molar refractivity (Wildman–Crippen MR) is 120 cm³/mol. The second-order valence-electron chi connectivity index (χ2n) is 6.93. The number of amides is 1. The lowest BCUT2D eigenvalue weighted by Crippen LogP contribution is -2.30. The first kappa shape index (κ1) is 20.6. The van der Waals surface area contributed by atoms with Gasteiger partial charge in [0.25, 0.3) is 5.91 Å². The van der Waals surface area contributed by atoms with Crippen molar-refractivity contribution in [3.63, 3.8) is 0 Å². The van der Waals surface area contributed by atoms with E-state index in [-0.39, 0.29) is 5.75 Å². The summed E-state index contributed by atoms with van der Waals surface area (Å²) in [6.45, 7) is 1.63. The maximum absolute atomic E-state index is 12.2. The number of pyridine rings is 2. The summed E-state index contributed by atoms with van der Waals surface area (Å²) in [5, 5.41) is 0.618. The normalized spacial score (nSPS) is 11.4. The van der Waals surface area contributed by atoms with Crippen molar-refractivity contribution in [2.45, 2.75) is 11.8 Å². The summed E-state index contributed by atoms with van der Waals surface area (Å²) < 4.78 is 24.0. The van der Waals surface area contributed by atoms with Crippen molar-refractivity contribution >= 4 is 26.6 Å². The third-order valence-electron chi connectivity index (χ3n) is 5.09. The van der Waals surface area contributed by atoms with Gasteiger partial charge in [-0.05, 0) is 35.4 Å². The average molecular weight is 433 g/mol. The van der Waals surface area contributed by atoms with E-state index in [1.54, 1.807) is 55.7 Å². The summed E-state index contributed by atoms with van der Waals surface area (Å²) in [7, 11) is -3.23. The molecule has 0 aliphatic carbocycles. The number of fused-ring (bicyclic) bond motifs is 1. The minimum atomic E-state index is -3.23. The maximum atomic E-state index is 12.2. The van der Waals surface area contributed by atoms with Crippen LogP contribution in [0, 0.1) is 0 Å². The summed E-state index contributed by atoms with van der Waals surface area (Å²) in [6.07, 6.45) is 3.21. The molecule has 2 heterocycles. The summed E-state index contributed by atoms with van der Waals surface area (Å²) in [5.74, 6) is 4.99. The van der Waals surface area contributed by atoms with E-state index in [4.69, 9.17) is 5.84 Å². The monoisotopic (exact) mass is 432 g/mol. The van der Waals surface area contributed by atoms with Gasteiger partial charge in [-0.15, -0.1) is 0 Å². The molecule has 0 unspecified atom stereocenters. The van der Waals surface area contributed by atoms with Gasteiger partial charge in [-0.2, -0.15) is 0 Å². The molecule has 31 heavy (non-hydrogen) atoms. The van der Waals surface area contributed by atoms with Gasteiger partial charge in [0.05, 0.1) is 27.4 Å². The Labute approximate surface area is 179 Å². The number of hydrogen-bond donors (Lipinski definition) is 2. The van der Waals surface area contributed by atoms with Crippen LogP contribution in [-0.2, 0) is 9.84 Å². The molecule has 0 spiro atoms. The van der Waals surface area contributed by atoms with Crippen LogP contribution in [0.5, 0.6) is 0 Å². The Morgan fingerprint density at radius 3 is 2.19 bits per heavy atom. The van der Waals surface area contributed by atoms with Crippen LogP contribution in [-0.4, -0.2) is 30.0 Å². The van der Waals surface area contributed by atoms with Crippen LogP contribution in [0.1, 0.15) is 17.3 Å². The standard InChI is InChI=1S/C23H20N4O3S/c1-2-31(29,30)18-9-7-16(8-10-18)15-3-5-17(6-4-15)22-13-19(23(28)27-24)20-14-25-12-11-21(20)26-22/h3-14H,2,24H2,1H3,(H,27,28). The van der Waals surface area contributed by atoms with Crippen LogP contribution in [0.25, 0.3) is 33.3 Å². The van der Waals surface area contributed by atoms with Crippen molar-refractivity contribution in [2.75, 3.05) is 5.75 Å². The van der Waals surface area contributed by atoms with E-state index >= 15 is 0 Å². The van der Waals surface area contributed by atoms with Crippen molar-refractivity contribution in [2.24, 2.45) is 5.84 Å². The molecule has 0 saturated heterocycles. The van der Waals surface area contributed by atoms with E-state index in [1.807, 2.05) is 24.3 Å². The van der Waals surface area contributed by atoms with E-state index in [1.165, 1.54) is 0 Å². The summed E-state index contributed by atoms with van der Waals surface area (Å²) in [4.78, 5) is 21.3. The lowest BCUT2D eigenvalue weighted by Gasteiger charge is -2.09. The molecule has 1 amide bonds. The van der Waals surface area contributed by atoms with Gasteiger partial charge in [0, 0.05) is 23.3 Å². The molecule has 0 bridgehead atoms. The van der Waals surface area contributed by atoms with E-state index in [9.17, 15) is 13.2 Å². The number of hydrazine groups is 1. The van der Waals surface area contributed by atoms with E-state index < -0.39 is 15.7 Å². The molecule has 0 fully saturated rings. The van der Waals surface area contributed by atoms with Gasteiger partial charge in [-0.1, -0.05) is 43.3 Å². The summed E-state index contributed by atoms with van der Waals surface area (Å²) >= 11 is 0. The summed E-state index contributed by atoms with van der Waals surface area (Å²) in [6, 6.07) is 17.9. The molecular formula is C23H20N4O3S. The van der Waals surface area contributed by atoms with E-state index in [0.717, 1.165) is 16.7 Å². The number of aromatic nitrogens is 2. The fraction of sp³-hybridized carbons (Fsp3) is 0.0870. The van der Waals surface area contributed by atoms with Crippen molar-refractivity contribution < 1.29 is 13.2 Å². The van der Waals surface area contributed by atoms with Crippen LogP contribution in [0.2, 0.25) is 0 Å². The highest BCUT2D eigenvalue weighted by Gasteiger charge is 2.14. The number of nitrogens with one attached hydrogen (secondary N) is 1. The second-order valence-corrected chi connectivity index (χ2v) is 9.20. The first-order chi connectivity index (χ1) is 14.9. The van der Waals surface area contributed by atoms with Crippen LogP contribution >= 0.6 is 0 Å². The number of nitrogens with zero attached hydrogens (tertiary/aromatic N) is 2. The highest BCUT2D eigenvalue weighted by Crippen LogP contribution is 2.28. The number of sulfone groups is 1. The van der Waals surface area contributed by atoms with Gasteiger partial charge in [0.1, 0.15) is 0 Å². The molecule has 0 aliphatic rings. The molecule has 3 N–H and O–H groups in total. The highest BCUT2D eigenvalue weighted by molar-refractivity contribution is 7.91. The second kappa shape index (κ2) is 8.25. The van der Waals surface area contributed by atoms with Gasteiger partial charge in [0.2, 0.25) is 0 Å². The minimum absolute atomic E-state index is 0.0695. The molecule has 2 aromatic carbocycles. The Morgan fingerprint density at radius 2 is 1.58 bits per heavy atom. The Kier molecular flexibility index (Phi) is 5.50. The third kappa shape index (κ3) is 4.03. The topological polar surface area (TPSA) is 115 Å². The van der Waals surface area contributed by atoms with Crippen molar-refractivity contribution in [3.05, 3.63) is 78.6 Å². The molecule has 0 radical (unpaired) electrons. The molecular weight excluding hydrogens is 412 g/mol. The minimum Gasteiger partial charge on any atom is -0.290 e. The van der Waals surface area contributed by atoms with Crippen LogP contribution in [0.15, 0.2) is 78.0 Å². The number of rotatable bonds is 5. The van der Waals surface area contributed by atoms with Gasteiger partial charge >= 0.3 is 0 Å². The Hall–Kier alpha value is -3.62. The lowest BCUT2D eigenvalue weighted by molar-refractivity contribution is 0.0955. The molecule has 2 aromatic heterocycles. The van der Waals surface area contributed by atoms with Crippen LogP contribution in [0.3, 0.4) is 0 Å². The Morgan fingerprint density at radius 1 is 0.968 bits per heavy atom. The quantitative estimate of drug-likeness (QED) is 0.284. The maximum Gasteiger partial charge on any atom is 0.265 e. The summed E-state index contributed by atoms with van der Waals surface area (Å²) in [5.41, 5.74) is 6.51. The molecule has 0 aliphatic heterocycles. The number of hydrogen-bond acceptors (Lipinski definition) is 6. The number of carbonyl (C=O) groups excluding carboxylic acids is 1. The first-order valence-corrected chi connectivity index (χ1v) is 11.3. The zero-order valence-corrected chi connectivity index (χ0v) is 17.6. The molecule has 8 heteroatoms. The van der Waals surface area contributed by atoms with Crippen LogP contribution < -0.4 is 11.3 Å². The zero-order valence-electron chi connectivity index (χ0n) is 16.7. The van der Waals surface area contributed by atoms with E-state index in [0.29, 0.717) is 27.1 Å². The smallest absolute Gasteiger partial charge is 0.265 e. The average Bonchev–Trinajstić information content (AvgIpc) is 2.83. The SMILES string of the molecule is CCS(=O)(=O)c1ccc(-c2ccc(-c3cc(C(=O)NN)c4cnccc4n3)cc2)cc1. The number of nitrogen functional groups attached to an aromatic ring is 1. The fourth-order valence-corrected chi connectivity index (χ4v) is 4.22. The van der Waals surface area contributed by atoms with E-state index in [2.05, 4.69) is 15.4 Å². The molecule has 7 nitrogen and oxygen atoms in total. The molecule has 0 saturated carbocycles. The molecule has 156 valence electrons.